The Morgan fingerprint density at radius 2 is 1.92 bits per heavy atom. The van der Waals surface area contributed by atoms with Crippen molar-refractivity contribution in [3.05, 3.63) is 59.4 Å². The molecule has 2 aromatic rings. The summed E-state index contributed by atoms with van der Waals surface area (Å²) >= 11 is 0. The normalized spacial score (nSPS) is 10.6. The van der Waals surface area contributed by atoms with Crippen molar-refractivity contribution in [2.45, 2.75) is 26.0 Å². The molecule has 0 fully saturated rings. The van der Waals surface area contributed by atoms with Gasteiger partial charge in [0.05, 0.1) is 7.11 Å². The third-order valence-electron chi connectivity index (χ3n) is 3.51. The molecule has 25 heavy (non-hydrogen) atoms. The van der Waals surface area contributed by atoms with E-state index < -0.39 is 6.61 Å². The maximum atomic E-state index is 13.5. The largest absolute Gasteiger partial charge is 0.493 e. The van der Waals surface area contributed by atoms with E-state index in [0.717, 1.165) is 0 Å². The lowest BCUT2D eigenvalue weighted by molar-refractivity contribution is -0.121. The van der Waals surface area contributed by atoms with E-state index >= 15 is 0 Å². The van der Waals surface area contributed by atoms with E-state index in [2.05, 4.69) is 10.1 Å². The quantitative estimate of drug-likeness (QED) is 0.787. The van der Waals surface area contributed by atoms with Gasteiger partial charge in [0.2, 0.25) is 5.91 Å². The van der Waals surface area contributed by atoms with Crippen LogP contribution in [-0.2, 0) is 17.8 Å². The molecule has 0 unspecified atom stereocenters. The van der Waals surface area contributed by atoms with Crippen molar-refractivity contribution >= 4 is 5.91 Å². The summed E-state index contributed by atoms with van der Waals surface area (Å²) in [4.78, 5) is 11.9. The smallest absolute Gasteiger partial charge is 0.387 e. The molecule has 0 bridgehead atoms. The molecular weight excluding hydrogens is 335 g/mol. The zero-order valence-corrected chi connectivity index (χ0v) is 13.6. The lowest BCUT2D eigenvalue weighted by Crippen LogP contribution is -2.23. The maximum absolute atomic E-state index is 13.5. The van der Waals surface area contributed by atoms with E-state index in [9.17, 15) is 18.0 Å². The van der Waals surface area contributed by atoms with Crippen molar-refractivity contribution in [1.29, 1.82) is 0 Å². The van der Waals surface area contributed by atoms with Crippen molar-refractivity contribution in [2.24, 2.45) is 0 Å². The number of benzene rings is 2. The van der Waals surface area contributed by atoms with Crippen LogP contribution in [-0.4, -0.2) is 19.6 Å². The number of halogens is 3. The van der Waals surface area contributed by atoms with Gasteiger partial charge in [0.25, 0.3) is 0 Å². The molecule has 0 aliphatic heterocycles. The number of hydrogen-bond donors (Lipinski definition) is 1. The van der Waals surface area contributed by atoms with Crippen LogP contribution in [0.15, 0.2) is 42.5 Å². The van der Waals surface area contributed by atoms with Crippen LogP contribution in [0.4, 0.5) is 13.2 Å². The molecule has 1 N–H and O–H groups in total. The number of rotatable bonds is 8. The topological polar surface area (TPSA) is 47.6 Å². The van der Waals surface area contributed by atoms with E-state index in [1.54, 1.807) is 24.3 Å². The summed E-state index contributed by atoms with van der Waals surface area (Å²) in [6, 6.07) is 10.7. The summed E-state index contributed by atoms with van der Waals surface area (Å²) in [6.45, 7) is -2.75. The Hall–Kier alpha value is -2.70. The summed E-state index contributed by atoms with van der Waals surface area (Å²) in [7, 11) is 1.34. The summed E-state index contributed by atoms with van der Waals surface area (Å²) in [5.74, 6) is -0.504. The molecule has 2 aromatic carbocycles. The number of hydrogen-bond acceptors (Lipinski definition) is 3. The number of alkyl halides is 2. The first-order valence-corrected chi connectivity index (χ1v) is 7.61. The van der Waals surface area contributed by atoms with E-state index in [4.69, 9.17) is 4.74 Å². The number of amides is 1. The monoisotopic (exact) mass is 353 g/mol. The highest BCUT2D eigenvalue weighted by Gasteiger charge is 2.11. The predicted octanol–water partition coefficient (Wildman–Crippen LogP) is 3.68. The number of ether oxygens (including phenoxy) is 2. The Morgan fingerprint density at radius 3 is 2.60 bits per heavy atom. The molecule has 0 atom stereocenters. The Morgan fingerprint density at radius 1 is 1.16 bits per heavy atom. The molecule has 1 amide bonds. The van der Waals surface area contributed by atoms with Gasteiger partial charge in [-0.15, -0.1) is 0 Å². The van der Waals surface area contributed by atoms with E-state index in [0.29, 0.717) is 17.5 Å². The number of carbonyl (C=O) groups is 1. The first kappa shape index (κ1) is 18.6. The van der Waals surface area contributed by atoms with Gasteiger partial charge in [0, 0.05) is 13.0 Å². The zero-order chi connectivity index (χ0) is 18.2. The minimum atomic E-state index is -2.95. The molecule has 0 heterocycles. The number of methoxy groups -OCH3 is 1. The van der Waals surface area contributed by atoms with Gasteiger partial charge in [-0.2, -0.15) is 8.78 Å². The van der Waals surface area contributed by atoms with Crippen LogP contribution in [0.3, 0.4) is 0 Å². The third-order valence-corrected chi connectivity index (χ3v) is 3.51. The first-order chi connectivity index (χ1) is 12.0. The molecule has 0 saturated carbocycles. The van der Waals surface area contributed by atoms with Crippen LogP contribution >= 0.6 is 0 Å². The molecule has 0 aromatic heterocycles. The molecule has 0 saturated heterocycles. The standard InChI is InChI=1S/C18H18F3NO3/c1-24-16-10-12(6-8-15(16)25-18(20)21)11-22-17(23)9-7-13-4-2-3-5-14(13)19/h2-6,8,10,18H,7,9,11H2,1H3,(H,22,23). The predicted molar refractivity (Wildman–Crippen MR) is 86.2 cm³/mol. The molecule has 7 heteroatoms. The highest BCUT2D eigenvalue weighted by atomic mass is 19.3. The van der Waals surface area contributed by atoms with Crippen LogP contribution < -0.4 is 14.8 Å². The fraction of sp³-hybridized carbons (Fsp3) is 0.278. The average molecular weight is 353 g/mol. The SMILES string of the molecule is COc1cc(CNC(=O)CCc2ccccc2F)ccc1OC(F)F. The second kappa shape index (κ2) is 8.96. The lowest BCUT2D eigenvalue weighted by Gasteiger charge is -2.12. The second-order valence-electron chi connectivity index (χ2n) is 5.23. The van der Waals surface area contributed by atoms with Gasteiger partial charge < -0.3 is 14.8 Å². The van der Waals surface area contributed by atoms with Gasteiger partial charge in [-0.25, -0.2) is 4.39 Å². The summed E-state index contributed by atoms with van der Waals surface area (Å²) < 4.78 is 47.4. The molecule has 2 rings (SSSR count). The number of aryl methyl sites for hydroxylation is 1. The van der Waals surface area contributed by atoms with E-state index in [-0.39, 0.29) is 36.2 Å². The van der Waals surface area contributed by atoms with Crippen molar-refractivity contribution in [3.8, 4) is 11.5 Å². The van der Waals surface area contributed by atoms with Gasteiger partial charge in [0.1, 0.15) is 5.82 Å². The number of carbonyl (C=O) groups excluding carboxylic acids is 1. The van der Waals surface area contributed by atoms with E-state index in [1.807, 2.05) is 0 Å². The Balaban J connectivity index is 1.88. The van der Waals surface area contributed by atoms with Crippen LogP contribution in [0.2, 0.25) is 0 Å². The molecule has 0 radical (unpaired) electrons. The van der Waals surface area contributed by atoms with Gasteiger partial charge in [-0.1, -0.05) is 24.3 Å². The fourth-order valence-electron chi connectivity index (χ4n) is 2.25. The highest BCUT2D eigenvalue weighted by molar-refractivity contribution is 5.76. The van der Waals surface area contributed by atoms with Crippen LogP contribution in [0.1, 0.15) is 17.5 Å². The van der Waals surface area contributed by atoms with Crippen molar-refractivity contribution in [1.82, 2.24) is 5.32 Å². The number of nitrogens with one attached hydrogen (secondary N) is 1. The first-order valence-electron chi connectivity index (χ1n) is 7.61. The Bertz CT molecular complexity index is 722. The Labute approximate surface area is 143 Å². The molecule has 134 valence electrons. The van der Waals surface area contributed by atoms with Gasteiger partial charge in [0.15, 0.2) is 11.5 Å². The fourth-order valence-corrected chi connectivity index (χ4v) is 2.25. The van der Waals surface area contributed by atoms with Crippen LogP contribution in [0.5, 0.6) is 11.5 Å². The highest BCUT2D eigenvalue weighted by Crippen LogP contribution is 2.29. The van der Waals surface area contributed by atoms with Crippen LogP contribution in [0, 0.1) is 5.82 Å². The molecular formula is C18H18F3NO3. The minimum Gasteiger partial charge on any atom is -0.493 e. The lowest BCUT2D eigenvalue weighted by atomic mass is 10.1. The zero-order valence-electron chi connectivity index (χ0n) is 13.6. The second-order valence-corrected chi connectivity index (χ2v) is 5.23. The summed E-state index contributed by atoms with van der Waals surface area (Å²) in [5.41, 5.74) is 1.14. The van der Waals surface area contributed by atoms with Crippen molar-refractivity contribution < 1.29 is 27.4 Å². The molecule has 0 spiro atoms. The minimum absolute atomic E-state index is 0.0767. The third kappa shape index (κ3) is 5.70. The van der Waals surface area contributed by atoms with Gasteiger partial charge in [-0.05, 0) is 35.7 Å². The van der Waals surface area contributed by atoms with Crippen molar-refractivity contribution in [2.75, 3.05) is 7.11 Å². The van der Waals surface area contributed by atoms with Crippen molar-refractivity contribution in [3.63, 3.8) is 0 Å². The molecule has 4 nitrogen and oxygen atoms in total. The van der Waals surface area contributed by atoms with Gasteiger partial charge in [-0.3, -0.25) is 4.79 Å². The summed E-state index contributed by atoms with van der Waals surface area (Å²) in [5, 5.41) is 2.69. The summed E-state index contributed by atoms with van der Waals surface area (Å²) in [6.07, 6.45) is 0.438. The van der Waals surface area contributed by atoms with Gasteiger partial charge >= 0.3 is 6.61 Å². The van der Waals surface area contributed by atoms with Crippen LogP contribution in [0.25, 0.3) is 0 Å². The Kier molecular flexibility index (Phi) is 6.68. The van der Waals surface area contributed by atoms with E-state index in [1.165, 1.54) is 25.3 Å². The molecule has 0 aliphatic rings. The molecule has 0 aliphatic carbocycles. The average Bonchev–Trinajstić information content (AvgIpc) is 2.59. The maximum Gasteiger partial charge on any atom is 0.387 e.